The van der Waals surface area contributed by atoms with Gasteiger partial charge in [-0.3, -0.25) is 4.98 Å². The SMILES string of the molecule is Nc1cnccc1[C@@]1(NC(=O)O)CNC[C@@H](C(F)(F)F)C1. The molecule has 1 saturated heterocycles. The Morgan fingerprint density at radius 2 is 2.29 bits per heavy atom. The van der Waals surface area contributed by atoms with Crippen molar-refractivity contribution in [1.29, 1.82) is 0 Å². The second-order valence-electron chi connectivity index (χ2n) is 5.05. The molecule has 1 aromatic rings. The molecule has 5 N–H and O–H groups in total. The Kier molecular flexibility index (Phi) is 3.95. The van der Waals surface area contributed by atoms with Crippen LogP contribution in [-0.2, 0) is 5.54 Å². The van der Waals surface area contributed by atoms with Crippen LogP contribution in [0.3, 0.4) is 0 Å². The average molecular weight is 304 g/mol. The van der Waals surface area contributed by atoms with Crippen molar-refractivity contribution in [3.05, 3.63) is 24.0 Å². The van der Waals surface area contributed by atoms with Crippen LogP contribution in [0.2, 0.25) is 0 Å². The molecule has 0 bridgehead atoms. The molecule has 0 radical (unpaired) electrons. The van der Waals surface area contributed by atoms with Gasteiger partial charge in [0.1, 0.15) is 0 Å². The van der Waals surface area contributed by atoms with E-state index in [0.717, 1.165) is 0 Å². The van der Waals surface area contributed by atoms with Crippen molar-refractivity contribution in [2.75, 3.05) is 18.8 Å². The van der Waals surface area contributed by atoms with E-state index >= 15 is 0 Å². The zero-order valence-electron chi connectivity index (χ0n) is 10.9. The van der Waals surface area contributed by atoms with E-state index in [4.69, 9.17) is 10.8 Å². The first-order chi connectivity index (χ1) is 9.74. The molecule has 1 aliphatic rings. The van der Waals surface area contributed by atoms with E-state index < -0.39 is 30.1 Å². The van der Waals surface area contributed by atoms with Gasteiger partial charge >= 0.3 is 12.3 Å². The Morgan fingerprint density at radius 1 is 1.57 bits per heavy atom. The highest BCUT2D eigenvalue weighted by Crippen LogP contribution is 2.40. The van der Waals surface area contributed by atoms with E-state index in [1.807, 2.05) is 0 Å². The number of hydrogen-bond acceptors (Lipinski definition) is 4. The van der Waals surface area contributed by atoms with Gasteiger partial charge in [0.05, 0.1) is 23.3 Å². The highest BCUT2D eigenvalue weighted by atomic mass is 19.4. The van der Waals surface area contributed by atoms with Crippen LogP contribution in [0.4, 0.5) is 23.7 Å². The Morgan fingerprint density at radius 3 is 2.86 bits per heavy atom. The molecule has 1 fully saturated rings. The monoisotopic (exact) mass is 304 g/mol. The molecule has 2 heterocycles. The van der Waals surface area contributed by atoms with Crippen molar-refractivity contribution in [2.24, 2.45) is 5.92 Å². The molecule has 21 heavy (non-hydrogen) atoms. The van der Waals surface area contributed by atoms with Crippen LogP contribution in [-0.4, -0.2) is 35.4 Å². The topological polar surface area (TPSA) is 100 Å². The number of piperidine rings is 1. The van der Waals surface area contributed by atoms with Gasteiger partial charge in [0.15, 0.2) is 0 Å². The molecule has 1 aromatic heterocycles. The van der Waals surface area contributed by atoms with Gasteiger partial charge < -0.3 is 21.5 Å². The van der Waals surface area contributed by atoms with Gasteiger partial charge in [-0.25, -0.2) is 4.79 Å². The van der Waals surface area contributed by atoms with Gasteiger partial charge in [-0.15, -0.1) is 0 Å². The lowest BCUT2D eigenvalue weighted by molar-refractivity contribution is -0.184. The van der Waals surface area contributed by atoms with Crippen LogP contribution in [0.25, 0.3) is 0 Å². The summed E-state index contributed by atoms with van der Waals surface area (Å²) in [5.74, 6) is -1.66. The van der Waals surface area contributed by atoms with Crippen molar-refractivity contribution in [3.63, 3.8) is 0 Å². The highest BCUT2D eigenvalue weighted by Gasteiger charge is 2.49. The maximum atomic E-state index is 13.0. The van der Waals surface area contributed by atoms with E-state index in [-0.39, 0.29) is 18.8 Å². The molecule has 0 unspecified atom stereocenters. The third-order valence-electron chi connectivity index (χ3n) is 3.59. The molecule has 0 aliphatic carbocycles. The number of amides is 1. The number of halogens is 3. The van der Waals surface area contributed by atoms with E-state index in [1.54, 1.807) is 0 Å². The summed E-state index contributed by atoms with van der Waals surface area (Å²) in [5.41, 5.74) is 4.77. The fourth-order valence-electron chi connectivity index (χ4n) is 2.67. The van der Waals surface area contributed by atoms with E-state index in [9.17, 15) is 18.0 Å². The normalized spacial score (nSPS) is 26.3. The fraction of sp³-hybridized carbons (Fsp3) is 0.500. The number of hydrogen-bond donors (Lipinski definition) is 4. The summed E-state index contributed by atoms with van der Waals surface area (Å²) in [4.78, 5) is 14.8. The van der Waals surface area contributed by atoms with Gasteiger partial charge in [0.25, 0.3) is 0 Å². The highest BCUT2D eigenvalue weighted by molar-refractivity contribution is 5.67. The first-order valence-corrected chi connectivity index (χ1v) is 6.23. The number of alkyl halides is 3. The lowest BCUT2D eigenvalue weighted by Gasteiger charge is -2.42. The number of pyridine rings is 1. The first kappa shape index (κ1) is 15.4. The summed E-state index contributed by atoms with van der Waals surface area (Å²) in [5, 5.41) is 13.8. The van der Waals surface area contributed by atoms with Gasteiger partial charge in [-0.2, -0.15) is 13.2 Å². The molecule has 6 nitrogen and oxygen atoms in total. The molecule has 1 amide bonds. The maximum absolute atomic E-state index is 13.0. The number of nitrogen functional groups attached to an aromatic ring is 1. The van der Waals surface area contributed by atoms with Crippen LogP contribution in [0.5, 0.6) is 0 Å². The number of rotatable bonds is 2. The number of aromatic nitrogens is 1. The van der Waals surface area contributed by atoms with E-state index in [1.165, 1.54) is 18.5 Å². The number of carbonyl (C=O) groups is 1. The smallest absolute Gasteiger partial charge is 0.405 e. The molecule has 2 atom stereocenters. The molecule has 9 heteroatoms. The summed E-state index contributed by atoms with van der Waals surface area (Å²) in [6, 6.07) is 1.44. The lowest BCUT2D eigenvalue weighted by Crippen LogP contribution is -2.59. The van der Waals surface area contributed by atoms with Gasteiger partial charge in [0.2, 0.25) is 0 Å². The number of anilines is 1. The molecular weight excluding hydrogens is 289 g/mol. The summed E-state index contributed by atoms with van der Waals surface area (Å²) < 4.78 is 38.9. The van der Waals surface area contributed by atoms with Crippen LogP contribution in [0.1, 0.15) is 12.0 Å². The third kappa shape index (κ3) is 3.18. The number of nitrogens with zero attached hydrogens (tertiary/aromatic N) is 1. The average Bonchev–Trinajstić information content (AvgIpc) is 2.37. The number of nitrogens with two attached hydrogens (primary N) is 1. The molecular formula is C12H15F3N4O2. The van der Waals surface area contributed by atoms with Crippen LogP contribution in [0, 0.1) is 5.92 Å². The standard InChI is InChI=1S/C12H15F3N4O2/c13-12(14,15)7-3-11(6-18-4-7,19-10(20)21)8-1-2-17-5-9(8)16/h1-2,5,7,18-19H,3-4,6,16H2,(H,20,21)/t7-,11-/m0/s1. The van der Waals surface area contributed by atoms with Crippen LogP contribution < -0.4 is 16.4 Å². The maximum Gasteiger partial charge on any atom is 0.405 e. The van der Waals surface area contributed by atoms with E-state index in [2.05, 4.69) is 15.6 Å². The van der Waals surface area contributed by atoms with Crippen molar-refractivity contribution >= 4 is 11.8 Å². The van der Waals surface area contributed by atoms with Gasteiger partial charge in [-0.1, -0.05) is 0 Å². The number of carboxylic acid groups (broad SMARTS) is 1. The summed E-state index contributed by atoms with van der Waals surface area (Å²) in [6.07, 6.45) is -3.58. The second kappa shape index (κ2) is 5.40. The van der Waals surface area contributed by atoms with Crippen molar-refractivity contribution in [2.45, 2.75) is 18.1 Å². The fourth-order valence-corrected chi connectivity index (χ4v) is 2.67. The minimum atomic E-state index is -4.42. The van der Waals surface area contributed by atoms with Crippen molar-refractivity contribution in [1.82, 2.24) is 15.6 Å². The lowest BCUT2D eigenvalue weighted by atomic mass is 9.78. The summed E-state index contributed by atoms with van der Waals surface area (Å²) in [6.45, 7) is -0.225. The third-order valence-corrected chi connectivity index (χ3v) is 3.59. The molecule has 0 saturated carbocycles. The molecule has 1 aliphatic heterocycles. The zero-order valence-corrected chi connectivity index (χ0v) is 10.9. The Bertz CT molecular complexity index is 537. The van der Waals surface area contributed by atoms with Gasteiger partial charge in [0, 0.05) is 24.8 Å². The predicted octanol–water partition coefficient (Wildman–Crippen LogP) is 1.30. The van der Waals surface area contributed by atoms with Crippen LogP contribution in [0.15, 0.2) is 18.5 Å². The van der Waals surface area contributed by atoms with Crippen LogP contribution >= 0.6 is 0 Å². The minimum absolute atomic E-state index is 0.0279. The predicted molar refractivity (Wildman–Crippen MR) is 68.5 cm³/mol. The Labute approximate surface area is 118 Å². The Balaban J connectivity index is 2.43. The summed E-state index contributed by atoms with van der Waals surface area (Å²) >= 11 is 0. The molecule has 0 spiro atoms. The number of nitrogens with one attached hydrogen (secondary N) is 2. The second-order valence-corrected chi connectivity index (χ2v) is 5.05. The molecule has 116 valence electrons. The van der Waals surface area contributed by atoms with E-state index in [0.29, 0.717) is 5.56 Å². The van der Waals surface area contributed by atoms with Crippen molar-refractivity contribution < 1.29 is 23.1 Å². The Hall–Kier alpha value is -2.03. The summed E-state index contributed by atoms with van der Waals surface area (Å²) in [7, 11) is 0. The van der Waals surface area contributed by atoms with Gasteiger partial charge in [-0.05, 0) is 12.5 Å². The molecule has 2 rings (SSSR count). The molecule has 0 aromatic carbocycles. The minimum Gasteiger partial charge on any atom is -0.465 e. The first-order valence-electron chi connectivity index (χ1n) is 6.23. The zero-order chi connectivity index (χ0) is 15.7. The largest absolute Gasteiger partial charge is 0.465 e. The van der Waals surface area contributed by atoms with Crippen molar-refractivity contribution in [3.8, 4) is 0 Å². The quantitative estimate of drug-likeness (QED) is 0.660.